The average molecular weight is 319 g/mol. The molecule has 2 rings (SSSR count). The molecule has 1 aromatic heterocycles. The van der Waals surface area contributed by atoms with Crippen molar-refractivity contribution >= 4 is 11.6 Å². The lowest BCUT2D eigenvalue weighted by Gasteiger charge is -2.12. The van der Waals surface area contributed by atoms with Crippen LogP contribution in [0.5, 0.6) is 0 Å². The Labute approximate surface area is 124 Å². The van der Waals surface area contributed by atoms with Crippen LogP contribution in [-0.2, 0) is 12.7 Å². The Hall–Kier alpha value is -1.60. The number of hydrogen-bond donors (Lipinski definition) is 1. The summed E-state index contributed by atoms with van der Waals surface area (Å²) in [6.07, 6.45) is -2.96. The number of nitrogens with one attached hydrogen (secondary N) is 1. The third-order valence-electron chi connectivity index (χ3n) is 2.77. The number of alkyl halides is 3. The van der Waals surface area contributed by atoms with Crippen LogP contribution in [-0.4, -0.2) is 21.0 Å². The Balaban J connectivity index is 2.39. The van der Waals surface area contributed by atoms with E-state index in [-0.39, 0.29) is 16.8 Å². The summed E-state index contributed by atoms with van der Waals surface area (Å²) in [4.78, 5) is 0. The van der Waals surface area contributed by atoms with E-state index in [4.69, 9.17) is 11.6 Å². The van der Waals surface area contributed by atoms with E-state index in [1.807, 2.05) is 13.8 Å². The van der Waals surface area contributed by atoms with Crippen LogP contribution in [0.2, 0.25) is 5.02 Å². The van der Waals surface area contributed by atoms with Crippen LogP contribution in [0.25, 0.3) is 5.69 Å². The van der Waals surface area contributed by atoms with Gasteiger partial charge in [-0.25, -0.2) is 4.68 Å². The fourth-order valence-electron chi connectivity index (χ4n) is 1.76. The predicted molar refractivity (Wildman–Crippen MR) is 73.3 cm³/mol. The van der Waals surface area contributed by atoms with Gasteiger partial charge in [0.2, 0.25) is 0 Å². The van der Waals surface area contributed by atoms with Crippen molar-refractivity contribution in [2.75, 3.05) is 0 Å². The molecule has 0 aliphatic heterocycles. The largest absolute Gasteiger partial charge is 0.416 e. The minimum absolute atomic E-state index is 0.00177. The van der Waals surface area contributed by atoms with E-state index in [0.29, 0.717) is 12.2 Å². The summed E-state index contributed by atoms with van der Waals surface area (Å²) in [6.45, 7) is 4.38. The van der Waals surface area contributed by atoms with Gasteiger partial charge in [0.1, 0.15) is 0 Å². The molecule has 0 bridgehead atoms. The molecule has 4 nitrogen and oxygen atoms in total. The van der Waals surface area contributed by atoms with E-state index in [9.17, 15) is 13.2 Å². The van der Waals surface area contributed by atoms with Crippen molar-refractivity contribution in [2.45, 2.75) is 32.6 Å². The van der Waals surface area contributed by atoms with Crippen LogP contribution in [0, 0.1) is 0 Å². The summed E-state index contributed by atoms with van der Waals surface area (Å²) < 4.78 is 39.8. The zero-order chi connectivity index (χ0) is 15.6. The number of halogens is 4. The zero-order valence-corrected chi connectivity index (χ0v) is 12.2. The minimum Gasteiger partial charge on any atom is -0.309 e. The van der Waals surface area contributed by atoms with Crippen molar-refractivity contribution in [2.24, 2.45) is 0 Å². The fraction of sp³-hybridized carbons (Fsp3) is 0.385. The van der Waals surface area contributed by atoms with E-state index in [0.717, 1.165) is 12.1 Å². The first-order chi connectivity index (χ1) is 9.77. The standard InChI is InChI=1S/C13H14ClF3N4/c1-8(2)18-6-12-7-19-20-21(12)11-4-9(13(15,16)17)3-10(14)5-11/h3-5,7-8,18H,6H2,1-2H3. The van der Waals surface area contributed by atoms with Gasteiger partial charge in [-0.15, -0.1) is 5.10 Å². The summed E-state index contributed by atoms with van der Waals surface area (Å²) in [5, 5.41) is 10.7. The molecule has 0 atom stereocenters. The van der Waals surface area contributed by atoms with Crippen molar-refractivity contribution in [3.63, 3.8) is 0 Å². The van der Waals surface area contributed by atoms with Gasteiger partial charge in [-0.2, -0.15) is 13.2 Å². The Morgan fingerprint density at radius 1 is 1.29 bits per heavy atom. The van der Waals surface area contributed by atoms with Crippen LogP contribution in [0.15, 0.2) is 24.4 Å². The van der Waals surface area contributed by atoms with Crippen LogP contribution in [0.3, 0.4) is 0 Å². The second-order valence-corrected chi connectivity index (χ2v) is 5.31. The molecule has 1 aromatic carbocycles. The van der Waals surface area contributed by atoms with Crippen LogP contribution >= 0.6 is 11.6 Å². The molecule has 0 amide bonds. The lowest BCUT2D eigenvalue weighted by Crippen LogP contribution is -2.23. The van der Waals surface area contributed by atoms with Gasteiger partial charge >= 0.3 is 6.18 Å². The lowest BCUT2D eigenvalue weighted by atomic mass is 10.2. The minimum atomic E-state index is -4.46. The third-order valence-corrected chi connectivity index (χ3v) is 2.98. The van der Waals surface area contributed by atoms with E-state index >= 15 is 0 Å². The van der Waals surface area contributed by atoms with Crippen molar-refractivity contribution in [3.8, 4) is 5.69 Å². The molecule has 21 heavy (non-hydrogen) atoms. The summed E-state index contributed by atoms with van der Waals surface area (Å²) in [5.74, 6) is 0. The third kappa shape index (κ3) is 3.95. The van der Waals surface area contributed by atoms with Gasteiger partial charge in [0, 0.05) is 17.6 Å². The highest BCUT2D eigenvalue weighted by atomic mass is 35.5. The first-order valence-electron chi connectivity index (χ1n) is 6.28. The Morgan fingerprint density at radius 2 is 2.00 bits per heavy atom. The number of benzene rings is 1. The Kier molecular flexibility index (Phi) is 4.53. The first kappa shape index (κ1) is 15.8. The lowest BCUT2D eigenvalue weighted by molar-refractivity contribution is -0.137. The average Bonchev–Trinajstić information content (AvgIpc) is 2.82. The number of aromatic nitrogens is 3. The Bertz CT molecular complexity index is 622. The SMILES string of the molecule is CC(C)NCc1cnnn1-c1cc(Cl)cc(C(F)(F)F)c1. The molecule has 0 fully saturated rings. The van der Waals surface area contributed by atoms with Crippen LogP contribution < -0.4 is 5.32 Å². The predicted octanol–water partition coefficient (Wildman–Crippen LogP) is 3.44. The maximum atomic E-state index is 12.8. The molecule has 114 valence electrons. The van der Waals surface area contributed by atoms with Gasteiger partial charge in [0.25, 0.3) is 0 Å². The Morgan fingerprint density at radius 3 is 2.62 bits per heavy atom. The van der Waals surface area contributed by atoms with Gasteiger partial charge < -0.3 is 5.32 Å². The topological polar surface area (TPSA) is 42.7 Å². The van der Waals surface area contributed by atoms with Crippen molar-refractivity contribution in [1.82, 2.24) is 20.3 Å². The van der Waals surface area contributed by atoms with Crippen LogP contribution in [0.4, 0.5) is 13.2 Å². The monoisotopic (exact) mass is 318 g/mol. The molecule has 8 heteroatoms. The van der Waals surface area contributed by atoms with E-state index in [2.05, 4.69) is 15.6 Å². The fourth-order valence-corrected chi connectivity index (χ4v) is 1.99. The molecule has 0 spiro atoms. The highest BCUT2D eigenvalue weighted by molar-refractivity contribution is 6.30. The molecule has 0 aliphatic rings. The zero-order valence-electron chi connectivity index (χ0n) is 11.4. The molecule has 1 heterocycles. The first-order valence-corrected chi connectivity index (χ1v) is 6.66. The van der Waals surface area contributed by atoms with Gasteiger partial charge in [-0.3, -0.25) is 0 Å². The highest BCUT2D eigenvalue weighted by Crippen LogP contribution is 2.32. The molecule has 0 saturated carbocycles. The second-order valence-electron chi connectivity index (χ2n) is 4.87. The summed E-state index contributed by atoms with van der Waals surface area (Å²) in [7, 11) is 0. The summed E-state index contributed by atoms with van der Waals surface area (Å²) in [5.41, 5.74) is 0.0650. The van der Waals surface area contributed by atoms with Crippen molar-refractivity contribution in [1.29, 1.82) is 0 Å². The highest BCUT2D eigenvalue weighted by Gasteiger charge is 2.31. The molecule has 0 aliphatic carbocycles. The van der Waals surface area contributed by atoms with Gasteiger partial charge in [-0.1, -0.05) is 30.7 Å². The van der Waals surface area contributed by atoms with Crippen molar-refractivity contribution < 1.29 is 13.2 Å². The molecular formula is C13H14ClF3N4. The smallest absolute Gasteiger partial charge is 0.309 e. The second kappa shape index (κ2) is 6.03. The van der Waals surface area contributed by atoms with E-state index < -0.39 is 11.7 Å². The van der Waals surface area contributed by atoms with Crippen molar-refractivity contribution in [3.05, 3.63) is 40.7 Å². The molecular weight excluding hydrogens is 305 g/mol. The quantitative estimate of drug-likeness (QED) is 0.939. The van der Waals surface area contributed by atoms with E-state index in [1.54, 1.807) is 0 Å². The molecule has 2 aromatic rings. The maximum absolute atomic E-state index is 12.8. The summed E-state index contributed by atoms with van der Waals surface area (Å²) in [6, 6.07) is 3.54. The van der Waals surface area contributed by atoms with Gasteiger partial charge in [0.15, 0.2) is 0 Å². The normalized spacial score (nSPS) is 12.1. The molecule has 0 unspecified atom stereocenters. The molecule has 0 radical (unpaired) electrons. The maximum Gasteiger partial charge on any atom is 0.416 e. The van der Waals surface area contributed by atoms with Crippen LogP contribution in [0.1, 0.15) is 25.1 Å². The van der Waals surface area contributed by atoms with E-state index in [1.165, 1.54) is 16.9 Å². The molecule has 0 saturated heterocycles. The number of hydrogen-bond acceptors (Lipinski definition) is 3. The number of rotatable bonds is 4. The summed E-state index contributed by atoms with van der Waals surface area (Å²) >= 11 is 5.78. The molecule has 1 N–H and O–H groups in total. The van der Waals surface area contributed by atoms with Gasteiger partial charge in [0.05, 0.1) is 23.1 Å². The van der Waals surface area contributed by atoms with Gasteiger partial charge in [-0.05, 0) is 18.2 Å². The number of nitrogens with zero attached hydrogens (tertiary/aromatic N) is 3.